The highest BCUT2D eigenvalue weighted by atomic mass is 32.1. The van der Waals surface area contributed by atoms with Crippen molar-refractivity contribution in [2.24, 2.45) is 0 Å². The number of aliphatic hydroxyl groups is 1. The predicted molar refractivity (Wildman–Crippen MR) is 71.7 cm³/mol. The summed E-state index contributed by atoms with van der Waals surface area (Å²) in [4.78, 5) is 14.0. The van der Waals surface area contributed by atoms with Crippen LogP contribution in [0.3, 0.4) is 0 Å². The summed E-state index contributed by atoms with van der Waals surface area (Å²) in [5.74, 6) is 0.200. The van der Waals surface area contributed by atoms with E-state index in [4.69, 9.17) is 5.11 Å². The maximum Gasteiger partial charge on any atom is 0.164 e. The number of Topliss-reactive ketones (excluding diaryl/α,β-unsaturated/α-hetero) is 1. The Hall–Kier alpha value is -0.710. The van der Waals surface area contributed by atoms with Gasteiger partial charge in [0.25, 0.3) is 0 Å². The average Bonchev–Trinajstić information content (AvgIpc) is 2.86. The van der Waals surface area contributed by atoms with E-state index < -0.39 is 0 Å². The van der Waals surface area contributed by atoms with Crippen molar-refractivity contribution in [3.05, 3.63) is 22.4 Å². The summed E-state index contributed by atoms with van der Waals surface area (Å²) in [6.07, 6.45) is 2.80. The number of aliphatic hydroxyl groups excluding tert-OH is 1. The van der Waals surface area contributed by atoms with E-state index in [2.05, 4.69) is 11.8 Å². The Balaban J connectivity index is 2.32. The summed E-state index contributed by atoms with van der Waals surface area (Å²) in [7, 11) is 0. The molecule has 1 rings (SSSR count). The zero-order valence-electron chi connectivity index (χ0n) is 10.4. The van der Waals surface area contributed by atoms with E-state index >= 15 is 0 Å². The number of carbonyl (C=O) groups excluding carboxylic acids is 1. The summed E-state index contributed by atoms with van der Waals surface area (Å²) in [5, 5.41) is 12.8. The van der Waals surface area contributed by atoms with E-state index in [0.29, 0.717) is 13.0 Å². The molecule has 1 aromatic heterocycles. The minimum atomic E-state index is 0.163. The van der Waals surface area contributed by atoms with Gasteiger partial charge in [0.05, 0.1) is 6.61 Å². The third kappa shape index (κ3) is 5.44. The normalized spacial score (nSPS) is 11.0. The molecule has 17 heavy (non-hydrogen) atoms. The molecule has 0 saturated heterocycles. The Kier molecular flexibility index (Phi) is 7.08. The van der Waals surface area contributed by atoms with E-state index in [9.17, 15) is 4.79 Å². The number of ketones is 1. The van der Waals surface area contributed by atoms with Crippen LogP contribution < -0.4 is 0 Å². The molecule has 3 nitrogen and oxygen atoms in total. The van der Waals surface area contributed by atoms with Gasteiger partial charge in [0.2, 0.25) is 0 Å². The molecule has 1 N–H and O–H groups in total. The number of unbranched alkanes of at least 4 members (excludes halogenated alkanes) is 1. The molecular weight excluding hydrogens is 234 g/mol. The van der Waals surface area contributed by atoms with Gasteiger partial charge in [-0.25, -0.2) is 0 Å². The third-order valence-electron chi connectivity index (χ3n) is 2.74. The topological polar surface area (TPSA) is 40.5 Å². The average molecular weight is 255 g/mol. The molecule has 0 amide bonds. The fraction of sp³-hybridized carbons (Fsp3) is 0.615. The van der Waals surface area contributed by atoms with Gasteiger partial charge in [-0.15, -0.1) is 0 Å². The van der Waals surface area contributed by atoms with E-state index in [-0.39, 0.29) is 12.4 Å². The molecule has 0 saturated carbocycles. The number of thiophene rings is 1. The highest BCUT2D eigenvalue weighted by molar-refractivity contribution is 7.08. The van der Waals surface area contributed by atoms with Crippen molar-refractivity contribution < 1.29 is 9.90 Å². The van der Waals surface area contributed by atoms with Crippen LogP contribution in [0.1, 0.15) is 36.5 Å². The van der Waals surface area contributed by atoms with Crippen LogP contribution in [0.4, 0.5) is 0 Å². The molecule has 0 unspecified atom stereocenters. The van der Waals surface area contributed by atoms with E-state index in [1.807, 2.05) is 16.8 Å². The summed E-state index contributed by atoms with van der Waals surface area (Å²) in [5.41, 5.74) is 0.814. The molecule has 0 spiro atoms. The van der Waals surface area contributed by atoms with Crippen LogP contribution in [0.25, 0.3) is 0 Å². The van der Waals surface area contributed by atoms with Crippen molar-refractivity contribution in [1.29, 1.82) is 0 Å². The summed E-state index contributed by atoms with van der Waals surface area (Å²) in [6, 6.07) is 1.87. The standard InChI is InChI=1S/C13H21NO2S/c1-2-3-6-14(8-9-15)7-4-13(16)12-5-10-17-11-12/h5,10-11,15H,2-4,6-9H2,1H3. The molecule has 0 aliphatic carbocycles. The highest BCUT2D eigenvalue weighted by Gasteiger charge is 2.09. The largest absolute Gasteiger partial charge is 0.395 e. The Bertz CT molecular complexity index is 311. The van der Waals surface area contributed by atoms with Crippen LogP contribution >= 0.6 is 11.3 Å². The maximum atomic E-state index is 11.8. The predicted octanol–water partition coefficient (Wildman–Crippen LogP) is 2.42. The number of nitrogens with zero attached hydrogens (tertiary/aromatic N) is 1. The Morgan fingerprint density at radius 1 is 1.41 bits per heavy atom. The van der Waals surface area contributed by atoms with Gasteiger partial charge in [0.1, 0.15) is 0 Å². The fourth-order valence-electron chi connectivity index (χ4n) is 1.69. The second kappa shape index (κ2) is 8.39. The molecule has 1 heterocycles. The van der Waals surface area contributed by atoms with Gasteiger partial charge in [-0.3, -0.25) is 4.79 Å². The van der Waals surface area contributed by atoms with Crippen LogP contribution in [0.5, 0.6) is 0 Å². The van der Waals surface area contributed by atoms with E-state index in [0.717, 1.165) is 31.5 Å². The number of hydrogen-bond donors (Lipinski definition) is 1. The first-order valence-electron chi connectivity index (χ1n) is 6.16. The third-order valence-corrected chi connectivity index (χ3v) is 3.43. The number of hydrogen-bond acceptors (Lipinski definition) is 4. The molecule has 96 valence electrons. The molecule has 0 aliphatic rings. The van der Waals surface area contributed by atoms with Crippen LogP contribution in [0, 0.1) is 0 Å². The Morgan fingerprint density at radius 2 is 2.24 bits per heavy atom. The second-order valence-corrected chi connectivity index (χ2v) is 4.88. The molecular formula is C13H21NO2S. The van der Waals surface area contributed by atoms with Gasteiger partial charge < -0.3 is 10.0 Å². The molecule has 0 radical (unpaired) electrons. The van der Waals surface area contributed by atoms with Crippen molar-refractivity contribution >= 4 is 17.1 Å². The van der Waals surface area contributed by atoms with Crippen LogP contribution in [0.2, 0.25) is 0 Å². The molecule has 4 heteroatoms. The van der Waals surface area contributed by atoms with Crippen molar-refractivity contribution in [1.82, 2.24) is 4.90 Å². The molecule has 1 aromatic rings. The molecule has 0 aromatic carbocycles. The zero-order valence-corrected chi connectivity index (χ0v) is 11.2. The lowest BCUT2D eigenvalue weighted by molar-refractivity contribution is 0.0957. The SMILES string of the molecule is CCCCN(CCO)CCC(=O)c1ccsc1. The smallest absolute Gasteiger partial charge is 0.164 e. The lowest BCUT2D eigenvalue weighted by atomic mass is 10.1. The van der Waals surface area contributed by atoms with Gasteiger partial charge in [0, 0.05) is 30.5 Å². The highest BCUT2D eigenvalue weighted by Crippen LogP contribution is 2.09. The van der Waals surface area contributed by atoms with Crippen LogP contribution in [-0.4, -0.2) is 42.0 Å². The summed E-state index contributed by atoms with van der Waals surface area (Å²) < 4.78 is 0. The first-order valence-corrected chi connectivity index (χ1v) is 7.10. The monoisotopic (exact) mass is 255 g/mol. The Morgan fingerprint density at radius 3 is 2.82 bits per heavy atom. The maximum absolute atomic E-state index is 11.8. The second-order valence-electron chi connectivity index (χ2n) is 4.10. The molecule has 0 fully saturated rings. The molecule has 0 aliphatic heterocycles. The van der Waals surface area contributed by atoms with Gasteiger partial charge in [-0.05, 0) is 24.4 Å². The molecule has 0 atom stereocenters. The summed E-state index contributed by atoms with van der Waals surface area (Å²) >= 11 is 1.55. The lowest BCUT2D eigenvalue weighted by Crippen LogP contribution is -2.30. The number of carbonyl (C=O) groups is 1. The van der Waals surface area contributed by atoms with Crippen LogP contribution in [-0.2, 0) is 0 Å². The van der Waals surface area contributed by atoms with E-state index in [1.165, 1.54) is 0 Å². The number of rotatable bonds is 9. The van der Waals surface area contributed by atoms with Crippen LogP contribution in [0.15, 0.2) is 16.8 Å². The van der Waals surface area contributed by atoms with E-state index in [1.54, 1.807) is 11.3 Å². The molecule has 0 bridgehead atoms. The minimum Gasteiger partial charge on any atom is -0.395 e. The fourth-order valence-corrected chi connectivity index (χ4v) is 2.35. The van der Waals surface area contributed by atoms with Gasteiger partial charge in [-0.1, -0.05) is 13.3 Å². The Labute approximate surface area is 107 Å². The quantitative estimate of drug-likeness (QED) is 0.689. The first kappa shape index (κ1) is 14.4. The summed E-state index contributed by atoms with van der Waals surface area (Å²) in [6.45, 7) is 4.68. The lowest BCUT2D eigenvalue weighted by Gasteiger charge is -2.20. The van der Waals surface area contributed by atoms with Crippen molar-refractivity contribution in [2.45, 2.75) is 26.2 Å². The van der Waals surface area contributed by atoms with Gasteiger partial charge in [0.15, 0.2) is 5.78 Å². The van der Waals surface area contributed by atoms with Crippen molar-refractivity contribution in [3.8, 4) is 0 Å². The minimum absolute atomic E-state index is 0.163. The van der Waals surface area contributed by atoms with Crippen molar-refractivity contribution in [3.63, 3.8) is 0 Å². The van der Waals surface area contributed by atoms with Gasteiger partial charge >= 0.3 is 0 Å². The van der Waals surface area contributed by atoms with Gasteiger partial charge in [-0.2, -0.15) is 11.3 Å². The zero-order chi connectivity index (χ0) is 12.5. The van der Waals surface area contributed by atoms with Crippen molar-refractivity contribution in [2.75, 3.05) is 26.2 Å². The first-order chi connectivity index (χ1) is 8.27.